The third-order valence-corrected chi connectivity index (χ3v) is 3.92. The van der Waals surface area contributed by atoms with Gasteiger partial charge in [0.05, 0.1) is 16.3 Å². The van der Waals surface area contributed by atoms with E-state index in [0.717, 1.165) is 29.5 Å². The molecule has 0 radical (unpaired) electrons. The van der Waals surface area contributed by atoms with Crippen LogP contribution in [-0.2, 0) is 11.2 Å². The Hall–Kier alpha value is -1.46. The minimum Gasteiger partial charge on any atom is -0.393 e. The SMILES string of the molecule is CCC(O)CCc1ccc2sc(NC(C)=O)nc2c1. The number of nitrogens with zero attached hydrogens (tertiary/aromatic N) is 1. The smallest absolute Gasteiger partial charge is 0.223 e. The first-order valence-electron chi connectivity index (χ1n) is 6.43. The minimum absolute atomic E-state index is 0.106. The molecule has 0 saturated heterocycles. The largest absolute Gasteiger partial charge is 0.393 e. The van der Waals surface area contributed by atoms with Crippen LogP contribution in [0, 0.1) is 0 Å². The quantitative estimate of drug-likeness (QED) is 0.884. The molecular weight excluding hydrogens is 260 g/mol. The van der Waals surface area contributed by atoms with E-state index in [1.807, 2.05) is 19.1 Å². The molecular formula is C14H18N2O2S. The van der Waals surface area contributed by atoms with Gasteiger partial charge in [0.15, 0.2) is 5.13 Å². The van der Waals surface area contributed by atoms with Crippen LogP contribution in [0.5, 0.6) is 0 Å². The molecule has 0 bridgehead atoms. The van der Waals surface area contributed by atoms with E-state index in [-0.39, 0.29) is 12.0 Å². The third-order valence-electron chi connectivity index (χ3n) is 2.97. The number of aromatic nitrogens is 1. The van der Waals surface area contributed by atoms with Crippen molar-refractivity contribution in [1.82, 2.24) is 4.98 Å². The summed E-state index contributed by atoms with van der Waals surface area (Å²) in [5.41, 5.74) is 2.07. The average Bonchev–Trinajstić information content (AvgIpc) is 2.76. The molecule has 1 aromatic heterocycles. The van der Waals surface area contributed by atoms with E-state index >= 15 is 0 Å². The Labute approximate surface area is 116 Å². The van der Waals surface area contributed by atoms with Gasteiger partial charge >= 0.3 is 0 Å². The maximum Gasteiger partial charge on any atom is 0.223 e. The number of nitrogens with one attached hydrogen (secondary N) is 1. The number of amides is 1. The molecule has 1 atom stereocenters. The molecule has 102 valence electrons. The topological polar surface area (TPSA) is 62.2 Å². The minimum atomic E-state index is -0.235. The molecule has 1 unspecified atom stereocenters. The summed E-state index contributed by atoms with van der Waals surface area (Å²) in [6.07, 6.45) is 2.16. The summed E-state index contributed by atoms with van der Waals surface area (Å²) in [7, 11) is 0. The zero-order valence-electron chi connectivity index (χ0n) is 11.1. The average molecular weight is 278 g/mol. The van der Waals surface area contributed by atoms with Crippen LogP contribution >= 0.6 is 11.3 Å². The van der Waals surface area contributed by atoms with E-state index in [1.165, 1.54) is 23.8 Å². The lowest BCUT2D eigenvalue weighted by atomic mass is 10.1. The molecule has 2 rings (SSSR count). The van der Waals surface area contributed by atoms with Crippen LogP contribution in [-0.4, -0.2) is 22.1 Å². The second-order valence-corrected chi connectivity index (χ2v) is 5.63. The van der Waals surface area contributed by atoms with E-state index in [4.69, 9.17) is 0 Å². The van der Waals surface area contributed by atoms with Crippen molar-refractivity contribution in [3.05, 3.63) is 23.8 Å². The van der Waals surface area contributed by atoms with Crippen LogP contribution in [0.25, 0.3) is 10.2 Å². The number of benzene rings is 1. The van der Waals surface area contributed by atoms with Crippen LogP contribution in [0.2, 0.25) is 0 Å². The van der Waals surface area contributed by atoms with Gasteiger partial charge < -0.3 is 10.4 Å². The molecule has 2 aromatic rings. The van der Waals surface area contributed by atoms with Gasteiger partial charge in [-0.2, -0.15) is 0 Å². The number of hydrogen-bond acceptors (Lipinski definition) is 4. The van der Waals surface area contributed by atoms with Gasteiger partial charge in [-0.25, -0.2) is 4.98 Å². The second-order valence-electron chi connectivity index (χ2n) is 4.60. The third kappa shape index (κ3) is 3.75. The van der Waals surface area contributed by atoms with Crippen molar-refractivity contribution in [2.75, 3.05) is 5.32 Å². The van der Waals surface area contributed by atoms with Crippen LogP contribution in [0.4, 0.5) is 5.13 Å². The first-order chi connectivity index (χ1) is 9.08. The normalized spacial score (nSPS) is 12.6. The van der Waals surface area contributed by atoms with Crippen molar-refractivity contribution in [1.29, 1.82) is 0 Å². The van der Waals surface area contributed by atoms with Crippen molar-refractivity contribution >= 4 is 32.6 Å². The number of aliphatic hydroxyl groups is 1. The van der Waals surface area contributed by atoms with Crippen LogP contribution in [0.3, 0.4) is 0 Å². The van der Waals surface area contributed by atoms with E-state index in [1.54, 1.807) is 0 Å². The van der Waals surface area contributed by atoms with Gasteiger partial charge in [-0.05, 0) is 37.0 Å². The standard InChI is InChI=1S/C14H18N2O2S/c1-3-11(18)6-4-10-5-7-13-12(8-10)16-14(19-13)15-9(2)17/h5,7-8,11,18H,3-4,6H2,1-2H3,(H,15,16,17). The fourth-order valence-electron chi connectivity index (χ4n) is 1.87. The van der Waals surface area contributed by atoms with E-state index in [2.05, 4.69) is 16.4 Å². The maximum absolute atomic E-state index is 11.0. The molecule has 0 aliphatic heterocycles. The number of rotatable bonds is 5. The number of aliphatic hydroxyl groups excluding tert-OH is 1. The van der Waals surface area contributed by atoms with Crippen LogP contribution < -0.4 is 5.32 Å². The number of carbonyl (C=O) groups excluding carboxylic acids is 1. The van der Waals surface area contributed by atoms with Gasteiger partial charge in [0, 0.05) is 6.92 Å². The molecule has 1 heterocycles. The van der Waals surface area contributed by atoms with E-state index in [9.17, 15) is 9.90 Å². The Morgan fingerprint density at radius 3 is 3.00 bits per heavy atom. The van der Waals surface area contributed by atoms with Crippen molar-refractivity contribution in [2.24, 2.45) is 0 Å². The van der Waals surface area contributed by atoms with Gasteiger partial charge in [0.1, 0.15) is 0 Å². The fraction of sp³-hybridized carbons (Fsp3) is 0.429. The highest BCUT2D eigenvalue weighted by Gasteiger charge is 2.07. The number of carbonyl (C=O) groups is 1. The molecule has 4 nitrogen and oxygen atoms in total. The Kier molecular flexibility index (Phi) is 4.50. The molecule has 2 N–H and O–H groups in total. The number of anilines is 1. The highest BCUT2D eigenvalue weighted by atomic mass is 32.1. The molecule has 0 saturated carbocycles. The van der Waals surface area contributed by atoms with Crippen molar-refractivity contribution in [3.8, 4) is 0 Å². The summed E-state index contributed by atoms with van der Waals surface area (Å²) in [6, 6.07) is 6.10. The summed E-state index contributed by atoms with van der Waals surface area (Å²) >= 11 is 1.47. The number of thiazole rings is 1. The van der Waals surface area contributed by atoms with Crippen LogP contribution in [0.1, 0.15) is 32.3 Å². The number of fused-ring (bicyclic) bond motifs is 1. The molecule has 0 aliphatic carbocycles. The second kappa shape index (κ2) is 6.12. The Balaban J connectivity index is 2.13. The van der Waals surface area contributed by atoms with E-state index in [0.29, 0.717) is 5.13 Å². The van der Waals surface area contributed by atoms with Crippen LogP contribution in [0.15, 0.2) is 18.2 Å². The van der Waals surface area contributed by atoms with Crippen molar-refractivity contribution in [3.63, 3.8) is 0 Å². The zero-order valence-corrected chi connectivity index (χ0v) is 12.0. The predicted molar refractivity (Wildman–Crippen MR) is 78.5 cm³/mol. The molecule has 1 aromatic carbocycles. The lowest BCUT2D eigenvalue weighted by Crippen LogP contribution is -2.05. The van der Waals surface area contributed by atoms with Gasteiger partial charge in [-0.1, -0.05) is 24.3 Å². The van der Waals surface area contributed by atoms with Gasteiger partial charge in [0.25, 0.3) is 0 Å². The summed E-state index contributed by atoms with van der Waals surface area (Å²) < 4.78 is 1.06. The number of aryl methyl sites for hydroxylation is 1. The van der Waals surface area contributed by atoms with Crippen molar-refractivity contribution < 1.29 is 9.90 Å². The Morgan fingerprint density at radius 2 is 2.32 bits per heavy atom. The highest BCUT2D eigenvalue weighted by Crippen LogP contribution is 2.27. The van der Waals surface area contributed by atoms with Gasteiger partial charge in [0.2, 0.25) is 5.91 Å². The number of hydrogen-bond donors (Lipinski definition) is 2. The summed E-state index contributed by atoms with van der Waals surface area (Å²) in [6.45, 7) is 3.46. The lowest BCUT2D eigenvalue weighted by molar-refractivity contribution is -0.114. The molecule has 0 aliphatic rings. The molecule has 1 amide bonds. The lowest BCUT2D eigenvalue weighted by Gasteiger charge is -2.06. The first-order valence-corrected chi connectivity index (χ1v) is 7.25. The monoisotopic (exact) mass is 278 g/mol. The summed E-state index contributed by atoms with van der Waals surface area (Å²) in [5, 5.41) is 12.9. The van der Waals surface area contributed by atoms with Gasteiger partial charge in [-0.3, -0.25) is 4.79 Å². The summed E-state index contributed by atoms with van der Waals surface area (Å²) in [5.74, 6) is -0.106. The van der Waals surface area contributed by atoms with E-state index < -0.39 is 0 Å². The maximum atomic E-state index is 11.0. The molecule has 5 heteroatoms. The summed E-state index contributed by atoms with van der Waals surface area (Å²) in [4.78, 5) is 15.4. The van der Waals surface area contributed by atoms with Gasteiger partial charge in [-0.15, -0.1) is 0 Å². The van der Waals surface area contributed by atoms with Crippen molar-refractivity contribution in [2.45, 2.75) is 39.2 Å². The Morgan fingerprint density at radius 1 is 1.53 bits per heavy atom. The highest BCUT2D eigenvalue weighted by molar-refractivity contribution is 7.22. The fourth-order valence-corrected chi connectivity index (χ4v) is 2.76. The Bertz CT molecular complexity index is 580. The predicted octanol–water partition coefficient (Wildman–Crippen LogP) is 2.96. The molecule has 0 fully saturated rings. The zero-order chi connectivity index (χ0) is 13.8. The first kappa shape index (κ1) is 14.0. The molecule has 0 spiro atoms. The molecule has 19 heavy (non-hydrogen) atoms.